The van der Waals surface area contributed by atoms with Crippen molar-refractivity contribution in [2.45, 2.75) is 39.3 Å². The van der Waals surface area contributed by atoms with Crippen LogP contribution in [0, 0.1) is 0 Å². The standard InChI is InChI=1S/C23H31N3O4/c1-6-23(2,3)26-22(28)17-8-10-18(11-9-17)24-15-21(27)25-14-16-7-12-19(29-4)20(13-16)30-5/h7-13,24H,6,14-15H2,1-5H3,(H,25,27)(H,26,28). The van der Waals surface area contributed by atoms with Crippen LogP contribution in [0.2, 0.25) is 0 Å². The Morgan fingerprint density at radius 2 is 1.63 bits per heavy atom. The Hall–Kier alpha value is -3.22. The Labute approximate surface area is 178 Å². The van der Waals surface area contributed by atoms with Gasteiger partial charge in [-0.15, -0.1) is 0 Å². The van der Waals surface area contributed by atoms with E-state index < -0.39 is 0 Å². The summed E-state index contributed by atoms with van der Waals surface area (Å²) in [5.74, 6) is 1.01. The fourth-order valence-electron chi connectivity index (χ4n) is 2.64. The maximum atomic E-state index is 12.3. The molecule has 2 aromatic carbocycles. The van der Waals surface area contributed by atoms with Crippen molar-refractivity contribution >= 4 is 17.5 Å². The van der Waals surface area contributed by atoms with Crippen LogP contribution in [0.4, 0.5) is 5.69 Å². The molecule has 0 atom stereocenters. The number of amides is 2. The van der Waals surface area contributed by atoms with Crippen LogP contribution in [-0.2, 0) is 11.3 Å². The van der Waals surface area contributed by atoms with Crippen molar-refractivity contribution in [3.8, 4) is 11.5 Å². The van der Waals surface area contributed by atoms with Crippen LogP contribution in [0.3, 0.4) is 0 Å². The van der Waals surface area contributed by atoms with E-state index in [1.165, 1.54) is 0 Å². The number of carbonyl (C=O) groups excluding carboxylic acids is 2. The zero-order valence-corrected chi connectivity index (χ0v) is 18.3. The predicted octanol–water partition coefficient (Wildman–Crippen LogP) is 3.35. The molecule has 2 amide bonds. The van der Waals surface area contributed by atoms with E-state index in [0.29, 0.717) is 23.6 Å². The molecule has 0 radical (unpaired) electrons. The molecule has 162 valence electrons. The van der Waals surface area contributed by atoms with Gasteiger partial charge in [0, 0.05) is 23.3 Å². The van der Waals surface area contributed by atoms with Gasteiger partial charge in [0.1, 0.15) is 0 Å². The van der Waals surface area contributed by atoms with E-state index in [9.17, 15) is 9.59 Å². The summed E-state index contributed by atoms with van der Waals surface area (Å²) in [5, 5.41) is 8.92. The minimum atomic E-state index is -0.250. The zero-order chi connectivity index (χ0) is 22.1. The fraction of sp³-hybridized carbons (Fsp3) is 0.391. The van der Waals surface area contributed by atoms with Gasteiger partial charge in [0.15, 0.2) is 11.5 Å². The fourth-order valence-corrected chi connectivity index (χ4v) is 2.64. The third kappa shape index (κ3) is 6.69. The first-order valence-electron chi connectivity index (χ1n) is 9.92. The number of hydrogen-bond acceptors (Lipinski definition) is 5. The van der Waals surface area contributed by atoms with E-state index >= 15 is 0 Å². The molecule has 0 fully saturated rings. The van der Waals surface area contributed by atoms with Crippen LogP contribution in [-0.4, -0.2) is 38.1 Å². The summed E-state index contributed by atoms with van der Waals surface area (Å²) in [4.78, 5) is 24.4. The topological polar surface area (TPSA) is 88.7 Å². The molecule has 0 heterocycles. The van der Waals surface area contributed by atoms with Gasteiger partial charge >= 0.3 is 0 Å². The second-order valence-corrected chi connectivity index (χ2v) is 7.59. The lowest BCUT2D eigenvalue weighted by atomic mass is 10.0. The number of nitrogens with one attached hydrogen (secondary N) is 3. The summed E-state index contributed by atoms with van der Waals surface area (Å²) in [6.45, 7) is 6.52. The molecule has 0 aromatic heterocycles. The Bertz CT molecular complexity index is 863. The van der Waals surface area contributed by atoms with Gasteiger partial charge in [-0.3, -0.25) is 9.59 Å². The van der Waals surface area contributed by atoms with Crippen molar-refractivity contribution < 1.29 is 19.1 Å². The number of methoxy groups -OCH3 is 2. The van der Waals surface area contributed by atoms with Gasteiger partial charge in [0.25, 0.3) is 5.91 Å². The van der Waals surface area contributed by atoms with Gasteiger partial charge < -0.3 is 25.4 Å². The molecule has 0 unspecified atom stereocenters. The molecule has 30 heavy (non-hydrogen) atoms. The molecule has 0 aliphatic rings. The van der Waals surface area contributed by atoms with Crippen LogP contribution in [0.1, 0.15) is 43.1 Å². The van der Waals surface area contributed by atoms with Crippen LogP contribution in [0.15, 0.2) is 42.5 Å². The lowest BCUT2D eigenvalue weighted by Crippen LogP contribution is -2.42. The minimum absolute atomic E-state index is 0.110. The maximum absolute atomic E-state index is 12.3. The Balaban J connectivity index is 1.83. The van der Waals surface area contributed by atoms with Crippen molar-refractivity contribution in [3.63, 3.8) is 0 Å². The second-order valence-electron chi connectivity index (χ2n) is 7.59. The van der Waals surface area contributed by atoms with Crippen molar-refractivity contribution in [1.82, 2.24) is 10.6 Å². The first-order chi connectivity index (χ1) is 14.3. The smallest absolute Gasteiger partial charge is 0.251 e. The van der Waals surface area contributed by atoms with E-state index in [1.54, 1.807) is 44.6 Å². The Morgan fingerprint density at radius 3 is 2.23 bits per heavy atom. The minimum Gasteiger partial charge on any atom is -0.493 e. The Kier molecular flexibility index (Phi) is 8.09. The molecule has 0 spiro atoms. The average Bonchev–Trinajstić information content (AvgIpc) is 2.76. The first-order valence-corrected chi connectivity index (χ1v) is 9.92. The second kappa shape index (κ2) is 10.5. The number of carbonyl (C=O) groups is 2. The van der Waals surface area contributed by atoms with E-state index in [4.69, 9.17) is 9.47 Å². The van der Waals surface area contributed by atoms with Crippen LogP contribution >= 0.6 is 0 Å². The molecular formula is C23H31N3O4. The molecule has 3 N–H and O–H groups in total. The van der Waals surface area contributed by atoms with Crippen molar-refractivity contribution in [3.05, 3.63) is 53.6 Å². The molecule has 2 rings (SSSR count). The highest BCUT2D eigenvalue weighted by Crippen LogP contribution is 2.27. The van der Waals surface area contributed by atoms with Gasteiger partial charge in [0.05, 0.1) is 20.8 Å². The SMILES string of the molecule is CCC(C)(C)NC(=O)c1ccc(NCC(=O)NCc2ccc(OC)c(OC)c2)cc1. The van der Waals surface area contributed by atoms with Crippen LogP contribution in [0.25, 0.3) is 0 Å². The lowest BCUT2D eigenvalue weighted by molar-refractivity contribution is -0.119. The normalized spacial score (nSPS) is 10.8. The highest BCUT2D eigenvalue weighted by molar-refractivity contribution is 5.95. The maximum Gasteiger partial charge on any atom is 0.251 e. The van der Waals surface area contributed by atoms with E-state index in [2.05, 4.69) is 16.0 Å². The molecule has 2 aromatic rings. The predicted molar refractivity (Wildman–Crippen MR) is 118 cm³/mol. The molecule has 0 aliphatic heterocycles. The summed E-state index contributed by atoms with van der Waals surface area (Å²) in [7, 11) is 3.15. The summed E-state index contributed by atoms with van der Waals surface area (Å²) >= 11 is 0. The number of benzene rings is 2. The summed E-state index contributed by atoms with van der Waals surface area (Å²) < 4.78 is 10.5. The van der Waals surface area contributed by atoms with Crippen molar-refractivity contribution in [2.75, 3.05) is 26.1 Å². The van der Waals surface area contributed by atoms with Crippen LogP contribution < -0.4 is 25.4 Å². The number of anilines is 1. The third-order valence-electron chi connectivity index (χ3n) is 4.87. The number of ether oxygens (including phenoxy) is 2. The number of hydrogen-bond donors (Lipinski definition) is 3. The number of rotatable bonds is 10. The van der Waals surface area contributed by atoms with Gasteiger partial charge in [-0.1, -0.05) is 13.0 Å². The van der Waals surface area contributed by atoms with Crippen molar-refractivity contribution in [2.24, 2.45) is 0 Å². The summed E-state index contributed by atoms with van der Waals surface area (Å²) in [6.07, 6.45) is 0.844. The third-order valence-corrected chi connectivity index (χ3v) is 4.87. The largest absolute Gasteiger partial charge is 0.493 e. The summed E-state index contributed by atoms with van der Waals surface area (Å²) in [6, 6.07) is 12.6. The molecule has 0 bridgehead atoms. The van der Waals surface area contributed by atoms with Gasteiger partial charge in [-0.25, -0.2) is 0 Å². The molecule has 7 heteroatoms. The average molecular weight is 414 g/mol. The molecule has 0 aliphatic carbocycles. The Morgan fingerprint density at radius 1 is 0.967 bits per heavy atom. The monoisotopic (exact) mass is 413 g/mol. The molecule has 7 nitrogen and oxygen atoms in total. The quantitative estimate of drug-likeness (QED) is 0.556. The van der Waals surface area contributed by atoms with Crippen LogP contribution in [0.5, 0.6) is 11.5 Å². The van der Waals surface area contributed by atoms with Gasteiger partial charge in [-0.05, 0) is 62.2 Å². The van der Waals surface area contributed by atoms with Crippen molar-refractivity contribution in [1.29, 1.82) is 0 Å². The highest BCUT2D eigenvalue weighted by Gasteiger charge is 2.18. The molecule has 0 saturated carbocycles. The van der Waals surface area contributed by atoms with Gasteiger partial charge in [-0.2, -0.15) is 0 Å². The summed E-state index contributed by atoms with van der Waals surface area (Å²) in [5.41, 5.74) is 2.01. The van der Waals surface area contributed by atoms with E-state index in [1.807, 2.05) is 32.9 Å². The highest BCUT2D eigenvalue weighted by atomic mass is 16.5. The van der Waals surface area contributed by atoms with E-state index in [-0.39, 0.29) is 23.9 Å². The first kappa shape index (κ1) is 23.1. The van der Waals surface area contributed by atoms with E-state index in [0.717, 1.165) is 17.7 Å². The zero-order valence-electron chi connectivity index (χ0n) is 18.3. The molecular weight excluding hydrogens is 382 g/mol. The molecule has 0 saturated heterocycles. The van der Waals surface area contributed by atoms with Gasteiger partial charge in [0.2, 0.25) is 5.91 Å². The lowest BCUT2D eigenvalue weighted by Gasteiger charge is -2.24.